The van der Waals surface area contributed by atoms with Crippen molar-refractivity contribution in [2.45, 2.75) is 36.0 Å². The Labute approximate surface area is 152 Å². The van der Waals surface area contributed by atoms with Crippen LogP contribution in [0.15, 0.2) is 46.3 Å². The quantitative estimate of drug-likeness (QED) is 0.494. The predicted octanol–water partition coefficient (Wildman–Crippen LogP) is 5.44. The van der Waals surface area contributed by atoms with Crippen LogP contribution in [0.1, 0.15) is 26.6 Å². The molecule has 0 aliphatic rings. The van der Waals surface area contributed by atoms with E-state index in [1.165, 1.54) is 0 Å². The zero-order valence-electron chi connectivity index (χ0n) is 12.5. The van der Waals surface area contributed by atoms with Gasteiger partial charge in [-0.25, -0.2) is 0 Å². The molecule has 0 radical (unpaired) electrons. The van der Waals surface area contributed by atoms with E-state index in [0.717, 1.165) is 29.9 Å². The smallest absolute Gasteiger partial charge is 0.160 e. The number of pyridine rings is 1. The van der Waals surface area contributed by atoms with Gasteiger partial charge in [0.25, 0.3) is 0 Å². The zero-order chi connectivity index (χ0) is 15.9. The first-order valence-electron chi connectivity index (χ1n) is 6.83. The molecule has 1 aromatic carbocycles. The van der Waals surface area contributed by atoms with Gasteiger partial charge in [0.1, 0.15) is 5.82 Å². The molecular weight excluding hydrogens is 429 g/mol. The number of benzene rings is 1. The number of hydrogen-bond donors (Lipinski definition) is 0. The molecule has 0 bridgehead atoms. The minimum absolute atomic E-state index is 0.0540. The third kappa shape index (κ3) is 3.12. The SMILES string of the molecule is CC(C)(C)c1nnc2ccc(Sc3c(Cl)cccc3I)cn12. The molecule has 0 atom stereocenters. The molecule has 0 aliphatic heterocycles. The first-order chi connectivity index (χ1) is 10.4. The molecule has 0 spiro atoms. The molecule has 0 saturated carbocycles. The monoisotopic (exact) mass is 443 g/mol. The predicted molar refractivity (Wildman–Crippen MR) is 100.0 cm³/mol. The van der Waals surface area contributed by atoms with Crippen LogP contribution in [-0.2, 0) is 5.41 Å². The Morgan fingerprint density at radius 2 is 1.91 bits per heavy atom. The summed E-state index contributed by atoms with van der Waals surface area (Å²) in [5.41, 5.74) is 0.810. The van der Waals surface area contributed by atoms with Gasteiger partial charge in [0.15, 0.2) is 5.65 Å². The van der Waals surface area contributed by atoms with Crippen molar-refractivity contribution in [1.29, 1.82) is 0 Å². The summed E-state index contributed by atoms with van der Waals surface area (Å²) in [7, 11) is 0. The number of fused-ring (bicyclic) bond motifs is 1. The molecule has 0 aliphatic carbocycles. The van der Waals surface area contributed by atoms with Gasteiger partial charge in [-0.2, -0.15) is 0 Å². The molecule has 0 N–H and O–H groups in total. The zero-order valence-corrected chi connectivity index (χ0v) is 16.2. The van der Waals surface area contributed by atoms with E-state index in [9.17, 15) is 0 Å². The van der Waals surface area contributed by atoms with Crippen molar-refractivity contribution in [3.8, 4) is 0 Å². The van der Waals surface area contributed by atoms with E-state index in [4.69, 9.17) is 11.6 Å². The first kappa shape index (κ1) is 16.1. The van der Waals surface area contributed by atoms with Crippen molar-refractivity contribution in [1.82, 2.24) is 14.6 Å². The van der Waals surface area contributed by atoms with E-state index in [1.54, 1.807) is 11.8 Å². The molecule has 2 heterocycles. The second-order valence-corrected chi connectivity index (χ2v) is 8.67. The van der Waals surface area contributed by atoms with Gasteiger partial charge in [-0.15, -0.1) is 10.2 Å². The molecule has 0 saturated heterocycles. The maximum Gasteiger partial charge on any atom is 0.160 e. The van der Waals surface area contributed by atoms with Crippen LogP contribution in [0, 0.1) is 3.57 Å². The van der Waals surface area contributed by atoms with Gasteiger partial charge in [0.05, 0.1) is 5.02 Å². The van der Waals surface area contributed by atoms with Crippen LogP contribution >= 0.6 is 46.0 Å². The highest BCUT2D eigenvalue weighted by atomic mass is 127. The maximum absolute atomic E-state index is 6.32. The van der Waals surface area contributed by atoms with E-state index in [1.807, 2.05) is 18.2 Å². The van der Waals surface area contributed by atoms with Crippen LogP contribution < -0.4 is 0 Å². The van der Waals surface area contributed by atoms with Gasteiger partial charge in [0, 0.05) is 25.0 Å². The van der Waals surface area contributed by atoms with Crippen molar-refractivity contribution in [2.24, 2.45) is 0 Å². The highest BCUT2D eigenvalue weighted by Crippen LogP contribution is 2.37. The fraction of sp³-hybridized carbons (Fsp3) is 0.250. The Hall–Kier alpha value is -0.790. The number of hydrogen-bond acceptors (Lipinski definition) is 3. The lowest BCUT2D eigenvalue weighted by Gasteiger charge is -2.16. The van der Waals surface area contributed by atoms with E-state index < -0.39 is 0 Å². The lowest BCUT2D eigenvalue weighted by Crippen LogP contribution is -2.15. The molecule has 0 fully saturated rings. The number of halogens is 2. The lowest BCUT2D eigenvalue weighted by molar-refractivity contribution is 0.538. The molecular formula is C16H15ClIN3S. The lowest BCUT2D eigenvalue weighted by atomic mass is 9.96. The van der Waals surface area contributed by atoms with Crippen molar-refractivity contribution in [2.75, 3.05) is 0 Å². The maximum atomic E-state index is 6.32. The summed E-state index contributed by atoms with van der Waals surface area (Å²) in [4.78, 5) is 2.19. The van der Waals surface area contributed by atoms with Gasteiger partial charge >= 0.3 is 0 Å². The number of rotatable bonds is 2. The standard InChI is InChI=1S/C16H15ClIN3S/c1-16(2,3)15-20-19-13-8-7-10(9-21(13)15)22-14-11(17)5-4-6-12(14)18/h4-9H,1-3H3. The Bertz CT molecular complexity index is 819. The summed E-state index contributed by atoms with van der Waals surface area (Å²) in [5, 5.41) is 9.35. The normalized spacial score (nSPS) is 12.0. The molecule has 3 rings (SSSR count). The molecule has 114 valence electrons. The molecule has 3 aromatic rings. The fourth-order valence-electron chi connectivity index (χ4n) is 2.14. The molecule has 2 aromatic heterocycles. The largest absolute Gasteiger partial charge is 0.285 e. The third-order valence-corrected chi connectivity index (χ3v) is 6.00. The van der Waals surface area contributed by atoms with Gasteiger partial charge < -0.3 is 0 Å². The van der Waals surface area contributed by atoms with Crippen LogP contribution in [-0.4, -0.2) is 14.6 Å². The van der Waals surface area contributed by atoms with Crippen LogP contribution in [0.25, 0.3) is 5.65 Å². The van der Waals surface area contributed by atoms with Crippen LogP contribution in [0.2, 0.25) is 5.02 Å². The van der Waals surface area contributed by atoms with Gasteiger partial charge in [-0.1, -0.05) is 50.2 Å². The summed E-state index contributed by atoms with van der Waals surface area (Å²) in [6.07, 6.45) is 2.08. The van der Waals surface area contributed by atoms with Gasteiger partial charge in [0.2, 0.25) is 0 Å². The highest BCUT2D eigenvalue weighted by Gasteiger charge is 2.21. The summed E-state index contributed by atoms with van der Waals surface area (Å²) in [6.45, 7) is 6.42. The average Bonchev–Trinajstić information content (AvgIpc) is 2.86. The van der Waals surface area contributed by atoms with Crippen LogP contribution in [0.5, 0.6) is 0 Å². The fourth-order valence-corrected chi connectivity index (χ4v) is 4.28. The summed E-state index contributed by atoms with van der Waals surface area (Å²) in [6, 6.07) is 10.0. The summed E-state index contributed by atoms with van der Waals surface area (Å²) in [5.74, 6) is 0.957. The molecule has 6 heteroatoms. The van der Waals surface area contributed by atoms with Crippen LogP contribution in [0.4, 0.5) is 0 Å². The van der Waals surface area contributed by atoms with Crippen molar-refractivity contribution < 1.29 is 0 Å². The van der Waals surface area contributed by atoms with Crippen molar-refractivity contribution >= 4 is 51.6 Å². The topological polar surface area (TPSA) is 30.2 Å². The Morgan fingerprint density at radius 1 is 1.14 bits per heavy atom. The Balaban J connectivity index is 2.05. The Morgan fingerprint density at radius 3 is 2.59 bits per heavy atom. The highest BCUT2D eigenvalue weighted by molar-refractivity contribution is 14.1. The van der Waals surface area contributed by atoms with Crippen molar-refractivity contribution in [3.05, 3.63) is 50.9 Å². The van der Waals surface area contributed by atoms with Gasteiger partial charge in [-0.05, 0) is 46.9 Å². The van der Waals surface area contributed by atoms with E-state index >= 15 is 0 Å². The Kier molecular flexibility index (Phi) is 4.40. The molecule has 22 heavy (non-hydrogen) atoms. The summed E-state index contributed by atoms with van der Waals surface area (Å²) < 4.78 is 3.21. The molecule has 3 nitrogen and oxygen atoms in total. The second-order valence-electron chi connectivity index (χ2n) is 6.02. The number of aromatic nitrogens is 3. The second kappa shape index (κ2) is 6.02. The molecule has 0 amide bonds. The van der Waals surface area contributed by atoms with Gasteiger partial charge in [-0.3, -0.25) is 4.40 Å². The summed E-state index contributed by atoms with van der Waals surface area (Å²) >= 11 is 10.3. The first-order valence-corrected chi connectivity index (χ1v) is 9.11. The third-order valence-electron chi connectivity index (χ3n) is 3.18. The average molecular weight is 444 g/mol. The molecule has 0 unspecified atom stereocenters. The van der Waals surface area contributed by atoms with E-state index in [0.29, 0.717) is 0 Å². The number of nitrogens with zero attached hydrogens (tertiary/aromatic N) is 3. The van der Waals surface area contributed by atoms with E-state index in [2.05, 4.69) is 76.3 Å². The van der Waals surface area contributed by atoms with E-state index in [-0.39, 0.29) is 5.41 Å². The minimum atomic E-state index is -0.0540. The van der Waals surface area contributed by atoms with Crippen LogP contribution in [0.3, 0.4) is 0 Å². The van der Waals surface area contributed by atoms with Crippen molar-refractivity contribution in [3.63, 3.8) is 0 Å². The minimum Gasteiger partial charge on any atom is -0.285 e.